The summed E-state index contributed by atoms with van der Waals surface area (Å²) >= 11 is 0. The first-order valence-corrected chi connectivity index (χ1v) is 5.74. The SMILES string of the molecule is C=COCC1(COC(=O)C=C)CCCCC1. The summed E-state index contributed by atoms with van der Waals surface area (Å²) in [7, 11) is 0. The van der Waals surface area contributed by atoms with E-state index >= 15 is 0 Å². The van der Waals surface area contributed by atoms with Crippen LogP contribution in [0.15, 0.2) is 25.5 Å². The van der Waals surface area contributed by atoms with Crippen molar-refractivity contribution < 1.29 is 14.3 Å². The van der Waals surface area contributed by atoms with Crippen LogP contribution in [0.3, 0.4) is 0 Å². The molecule has 0 saturated heterocycles. The van der Waals surface area contributed by atoms with Crippen LogP contribution < -0.4 is 0 Å². The van der Waals surface area contributed by atoms with Crippen molar-refractivity contribution in [2.24, 2.45) is 5.41 Å². The summed E-state index contributed by atoms with van der Waals surface area (Å²) in [5, 5.41) is 0. The zero-order valence-corrected chi connectivity index (χ0v) is 9.74. The number of rotatable bonds is 6. The topological polar surface area (TPSA) is 35.5 Å². The molecule has 0 N–H and O–H groups in total. The van der Waals surface area contributed by atoms with Gasteiger partial charge in [0, 0.05) is 11.5 Å². The van der Waals surface area contributed by atoms with Gasteiger partial charge in [-0.1, -0.05) is 32.4 Å². The number of esters is 1. The second kappa shape index (κ2) is 6.36. The molecule has 0 atom stereocenters. The van der Waals surface area contributed by atoms with E-state index in [9.17, 15) is 4.79 Å². The fraction of sp³-hybridized carbons (Fsp3) is 0.615. The van der Waals surface area contributed by atoms with Crippen LogP contribution >= 0.6 is 0 Å². The van der Waals surface area contributed by atoms with Gasteiger partial charge >= 0.3 is 5.97 Å². The lowest BCUT2D eigenvalue weighted by molar-refractivity contribution is -0.143. The van der Waals surface area contributed by atoms with Crippen molar-refractivity contribution in [3.63, 3.8) is 0 Å². The first-order chi connectivity index (χ1) is 7.72. The summed E-state index contributed by atoms with van der Waals surface area (Å²) in [5.74, 6) is -0.358. The van der Waals surface area contributed by atoms with Crippen molar-refractivity contribution in [1.29, 1.82) is 0 Å². The molecule has 0 heterocycles. The Labute approximate surface area is 97.1 Å². The summed E-state index contributed by atoms with van der Waals surface area (Å²) in [6.45, 7) is 7.94. The Morgan fingerprint density at radius 3 is 2.44 bits per heavy atom. The van der Waals surface area contributed by atoms with Crippen LogP contribution in [0.4, 0.5) is 0 Å². The highest BCUT2D eigenvalue weighted by molar-refractivity contribution is 5.81. The minimum Gasteiger partial charge on any atom is -0.501 e. The number of carbonyl (C=O) groups is 1. The average molecular weight is 224 g/mol. The monoisotopic (exact) mass is 224 g/mol. The largest absolute Gasteiger partial charge is 0.501 e. The van der Waals surface area contributed by atoms with Crippen LogP contribution in [0.25, 0.3) is 0 Å². The molecule has 3 heteroatoms. The third-order valence-electron chi connectivity index (χ3n) is 3.11. The zero-order chi connectivity index (χ0) is 11.9. The third-order valence-corrected chi connectivity index (χ3v) is 3.11. The van der Waals surface area contributed by atoms with Gasteiger partial charge in [0.15, 0.2) is 0 Å². The number of carbonyl (C=O) groups excluding carboxylic acids is 1. The molecule has 0 spiro atoms. The van der Waals surface area contributed by atoms with Crippen molar-refractivity contribution in [1.82, 2.24) is 0 Å². The highest BCUT2D eigenvalue weighted by Crippen LogP contribution is 2.37. The van der Waals surface area contributed by atoms with E-state index in [0.29, 0.717) is 13.2 Å². The molecule has 0 unspecified atom stereocenters. The zero-order valence-electron chi connectivity index (χ0n) is 9.74. The maximum absolute atomic E-state index is 11.1. The Bertz CT molecular complexity index is 252. The summed E-state index contributed by atoms with van der Waals surface area (Å²) in [6, 6.07) is 0. The van der Waals surface area contributed by atoms with E-state index in [1.54, 1.807) is 0 Å². The van der Waals surface area contributed by atoms with E-state index in [2.05, 4.69) is 13.2 Å². The molecule has 1 aliphatic rings. The second-order valence-electron chi connectivity index (χ2n) is 4.35. The molecule has 1 fully saturated rings. The third kappa shape index (κ3) is 3.72. The van der Waals surface area contributed by atoms with Gasteiger partial charge in [-0.2, -0.15) is 0 Å². The lowest BCUT2D eigenvalue weighted by Gasteiger charge is -2.35. The molecule has 1 saturated carbocycles. The lowest BCUT2D eigenvalue weighted by Crippen LogP contribution is -2.34. The Morgan fingerprint density at radius 1 is 1.19 bits per heavy atom. The number of ether oxygens (including phenoxy) is 2. The van der Waals surface area contributed by atoms with Crippen LogP contribution in [0.5, 0.6) is 0 Å². The normalized spacial score (nSPS) is 18.5. The van der Waals surface area contributed by atoms with Crippen LogP contribution in [-0.2, 0) is 14.3 Å². The lowest BCUT2D eigenvalue weighted by atomic mass is 9.75. The first-order valence-electron chi connectivity index (χ1n) is 5.74. The Kier molecular flexibility index (Phi) is 5.09. The Balaban J connectivity index is 2.51. The molecule has 16 heavy (non-hydrogen) atoms. The molecule has 1 aliphatic carbocycles. The smallest absolute Gasteiger partial charge is 0.330 e. The predicted molar refractivity (Wildman–Crippen MR) is 62.8 cm³/mol. The molecule has 0 aromatic carbocycles. The molecule has 0 amide bonds. The molecule has 0 aromatic rings. The van der Waals surface area contributed by atoms with Crippen LogP contribution in [0, 0.1) is 5.41 Å². The standard InChI is InChI=1S/C13H20O3/c1-3-12(14)16-11-13(10-15-4-2)8-6-5-7-9-13/h3-4H,1-2,5-11H2. The molecule has 0 radical (unpaired) electrons. The summed E-state index contributed by atoms with van der Waals surface area (Å²) in [4.78, 5) is 11.1. The van der Waals surface area contributed by atoms with Gasteiger partial charge in [0.1, 0.15) is 6.61 Å². The van der Waals surface area contributed by atoms with Gasteiger partial charge in [0.2, 0.25) is 0 Å². The van der Waals surface area contributed by atoms with E-state index in [0.717, 1.165) is 12.8 Å². The van der Waals surface area contributed by atoms with Crippen LogP contribution in [0.1, 0.15) is 32.1 Å². The number of hydrogen-bond acceptors (Lipinski definition) is 3. The molecule has 0 aromatic heterocycles. The van der Waals surface area contributed by atoms with Gasteiger partial charge in [0.05, 0.1) is 12.9 Å². The second-order valence-corrected chi connectivity index (χ2v) is 4.35. The van der Waals surface area contributed by atoms with Gasteiger partial charge in [-0.3, -0.25) is 0 Å². The van der Waals surface area contributed by atoms with E-state index in [1.165, 1.54) is 31.6 Å². The van der Waals surface area contributed by atoms with Gasteiger partial charge in [-0.15, -0.1) is 0 Å². The van der Waals surface area contributed by atoms with Crippen molar-refractivity contribution in [2.75, 3.05) is 13.2 Å². The van der Waals surface area contributed by atoms with E-state index in [4.69, 9.17) is 9.47 Å². The fourth-order valence-corrected chi connectivity index (χ4v) is 2.15. The molecular formula is C13H20O3. The minimum atomic E-state index is -0.358. The average Bonchev–Trinajstić information content (AvgIpc) is 2.35. The molecule has 90 valence electrons. The molecule has 0 aliphatic heterocycles. The molecule has 3 nitrogen and oxygen atoms in total. The predicted octanol–water partition coefficient (Wildman–Crippen LogP) is 2.83. The quantitative estimate of drug-likeness (QED) is 0.395. The summed E-state index contributed by atoms with van der Waals surface area (Å²) in [6.07, 6.45) is 8.34. The summed E-state index contributed by atoms with van der Waals surface area (Å²) < 4.78 is 10.4. The van der Waals surface area contributed by atoms with Gasteiger partial charge < -0.3 is 9.47 Å². The van der Waals surface area contributed by atoms with Gasteiger partial charge in [0.25, 0.3) is 0 Å². The number of hydrogen-bond donors (Lipinski definition) is 0. The highest BCUT2D eigenvalue weighted by Gasteiger charge is 2.34. The fourth-order valence-electron chi connectivity index (χ4n) is 2.15. The minimum absolute atomic E-state index is 0.0227. The molecular weight excluding hydrogens is 204 g/mol. The molecule has 1 rings (SSSR count). The maximum atomic E-state index is 11.1. The van der Waals surface area contributed by atoms with Crippen molar-refractivity contribution in [3.05, 3.63) is 25.5 Å². The van der Waals surface area contributed by atoms with Crippen LogP contribution in [0.2, 0.25) is 0 Å². The van der Waals surface area contributed by atoms with E-state index in [-0.39, 0.29) is 11.4 Å². The maximum Gasteiger partial charge on any atom is 0.330 e. The van der Waals surface area contributed by atoms with Crippen molar-refractivity contribution >= 4 is 5.97 Å². The highest BCUT2D eigenvalue weighted by atomic mass is 16.5. The molecule has 0 bridgehead atoms. The first kappa shape index (κ1) is 12.8. The van der Waals surface area contributed by atoms with Gasteiger partial charge in [-0.25, -0.2) is 4.79 Å². The summed E-state index contributed by atoms with van der Waals surface area (Å²) in [5.41, 5.74) is -0.0227. The Morgan fingerprint density at radius 2 is 1.88 bits per heavy atom. The van der Waals surface area contributed by atoms with Crippen molar-refractivity contribution in [2.45, 2.75) is 32.1 Å². The van der Waals surface area contributed by atoms with Gasteiger partial charge in [-0.05, 0) is 12.8 Å². The van der Waals surface area contributed by atoms with E-state index in [1.807, 2.05) is 0 Å². The van der Waals surface area contributed by atoms with Crippen molar-refractivity contribution in [3.8, 4) is 0 Å². The van der Waals surface area contributed by atoms with E-state index < -0.39 is 0 Å². The Hall–Kier alpha value is -1.25. The van der Waals surface area contributed by atoms with Crippen LogP contribution in [-0.4, -0.2) is 19.2 Å².